The maximum Gasteiger partial charge on any atom is 0.127 e. The summed E-state index contributed by atoms with van der Waals surface area (Å²) in [6.45, 7) is 11.4. The molecule has 1 aliphatic carbocycles. The summed E-state index contributed by atoms with van der Waals surface area (Å²) in [5.41, 5.74) is 8.01. The molecule has 0 fully saturated rings. The zero-order valence-electron chi connectivity index (χ0n) is 16.8. The number of aromatic nitrogens is 4. The molecule has 0 bridgehead atoms. The molecule has 144 valence electrons. The van der Waals surface area contributed by atoms with Crippen LogP contribution in [0.3, 0.4) is 0 Å². The lowest BCUT2D eigenvalue weighted by atomic mass is 9.76. The summed E-state index contributed by atoms with van der Waals surface area (Å²) in [4.78, 5) is 8.90. The van der Waals surface area contributed by atoms with Crippen LogP contribution in [-0.4, -0.2) is 20.2 Å². The number of nitrogens with zero attached hydrogens (tertiary/aromatic N) is 3. The highest BCUT2D eigenvalue weighted by Gasteiger charge is 2.29. The normalized spacial score (nSPS) is 15.1. The van der Waals surface area contributed by atoms with Gasteiger partial charge in [-0.2, -0.15) is 5.10 Å². The van der Waals surface area contributed by atoms with Gasteiger partial charge in [0.1, 0.15) is 5.82 Å². The number of hydrogen-bond donors (Lipinski definition) is 2. The number of nitrogens with one attached hydrogen (secondary N) is 2. The molecule has 0 spiro atoms. The molecule has 3 heterocycles. The lowest BCUT2D eigenvalue weighted by Gasteiger charge is -2.29. The van der Waals surface area contributed by atoms with Crippen LogP contribution in [0.5, 0.6) is 0 Å². The highest BCUT2D eigenvalue weighted by molar-refractivity contribution is 5.72. The van der Waals surface area contributed by atoms with Crippen LogP contribution in [0.1, 0.15) is 49.7 Å². The molecule has 28 heavy (non-hydrogen) atoms. The minimum absolute atomic E-state index is 0.328. The summed E-state index contributed by atoms with van der Waals surface area (Å²) in [5.74, 6) is 0.826. The second-order valence-electron chi connectivity index (χ2n) is 8.49. The minimum Gasteiger partial charge on any atom is -0.366 e. The molecule has 0 atom stereocenters. The van der Waals surface area contributed by atoms with E-state index in [0.717, 1.165) is 46.7 Å². The Hall–Kier alpha value is -2.95. The zero-order valence-corrected chi connectivity index (χ0v) is 16.8. The van der Waals surface area contributed by atoms with E-state index in [0.29, 0.717) is 12.0 Å². The predicted molar refractivity (Wildman–Crippen MR) is 114 cm³/mol. The summed E-state index contributed by atoms with van der Waals surface area (Å²) in [5, 5.41) is 11.4. The molecule has 0 saturated heterocycles. The van der Waals surface area contributed by atoms with Gasteiger partial charge in [0.2, 0.25) is 0 Å². The number of hydrogen-bond acceptors (Lipinski definition) is 4. The summed E-state index contributed by atoms with van der Waals surface area (Å²) in [7, 11) is 0. The van der Waals surface area contributed by atoms with Crippen LogP contribution in [0.15, 0.2) is 43.2 Å². The van der Waals surface area contributed by atoms with E-state index in [-0.39, 0.29) is 0 Å². The van der Waals surface area contributed by atoms with E-state index in [1.165, 1.54) is 17.7 Å². The molecule has 3 aromatic heterocycles. The van der Waals surface area contributed by atoms with Crippen LogP contribution in [0.4, 0.5) is 5.82 Å². The van der Waals surface area contributed by atoms with Crippen molar-refractivity contribution >= 4 is 11.4 Å². The third kappa shape index (κ3) is 3.84. The average molecular weight is 374 g/mol. The Balaban J connectivity index is 1.67. The first-order valence-corrected chi connectivity index (χ1v) is 9.78. The van der Waals surface area contributed by atoms with Crippen molar-refractivity contribution in [1.82, 2.24) is 20.2 Å². The van der Waals surface area contributed by atoms with Gasteiger partial charge in [0, 0.05) is 35.8 Å². The van der Waals surface area contributed by atoms with E-state index in [2.05, 4.69) is 59.1 Å². The lowest BCUT2D eigenvalue weighted by molar-refractivity contribution is 0.312. The van der Waals surface area contributed by atoms with Crippen molar-refractivity contribution in [3.63, 3.8) is 0 Å². The number of allylic oxidation sites excluding steroid dienone is 1. The highest BCUT2D eigenvalue weighted by Crippen LogP contribution is 2.38. The molecule has 3 aromatic rings. The molecule has 0 aromatic carbocycles. The second kappa shape index (κ2) is 7.23. The Bertz CT molecular complexity index is 1000. The van der Waals surface area contributed by atoms with Crippen LogP contribution in [-0.2, 0) is 19.4 Å². The van der Waals surface area contributed by atoms with E-state index < -0.39 is 0 Å². The largest absolute Gasteiger partial charge is 0.366 e. The number of aromatic amines is 1. The van der Waals surface area contributed by atoms with Gasteiger partial charge in [-0.1, -0.05) is 26.5 Å². The van der Waals surface area contributed by atoms with Crippen molar-refractivity contribution < 1.29 is 0 Å². The van der Waals surface area contributed by atoms with Crippen molar-refractivity contribution in [2.45, 2.75) is 46.6 Å². The Labute approximate surface area is 166 Å². The van der Waals surface area contributed by atoms with Crippen molar-refractivity contribution in [3.05, 3.63) is 65.8 Å². The lowest BCUT2D eigenvalue weighted by Crippen LogP contribution is -2.21. The Morgan fingerprint density at radius 1 is 1.32 bits per heavy atom. The second-order valence-corrected chi connectivity index (χ2v) is 8.49. The first-order valence-electron chi connectivity index (χ1n) is 9.78. The van der Waals surface area contributed by atoms with Crippen molar-refractivity contribution in [3.8, 4) is 11.3 Å². The molecule has 5 heteroatoms. The number of anilines is 1. The summed E-state index contributed by atoms with van der Waals surface area (Å²) >= 11 is 0. The van der Waals surface area contributed by atoms with Crippen molar-refractivity contribution in [1.29, 1.82) is 0 Å². The molecule has 0 unspecified atom stereocenters. The minimum atomic E-state index is 0.328. The fourth-order valence-corrected chi connectivity index (χ4v) is 3.76. The third-order valence-corrected chi connectivity index (χ3v) is 5.39. The Morgan fingerprint density at radius 2 is 2.18 bits per heavy atom. The number of fused-ring (bicyclic) bond motifs is 1. The Morgan fingerprint density at radius 3 is 2.93 bits per heavy atom. The van der Waals surface area contributed by atoms with Gasteiger partial charge in [0.25, 0.3) is 0 Å². The quantitative estimate of drug-likeness (QED) is 0.658. The van der Waals surface area contributed by atoms with Crippen molar-refractivity contribution in [2.24, 2.45) is 5.41 Å². The molecule has 0 saturated carbocycles. The topological polar surface area (TPSA) is 66.5 Å². The van der Waals surface area contributed by atoms with E-state index in [9.17, 15) is 0 Å². The number of H-pyrrole nitrogens is 1. The van der Waals surface area contributed by atoms with E-state index in [1.54, 1.807) is 6.20 Å². The monoisotopic (exact) mass is 373 g/mol. The smallest absolute Gasteiger partial charge is 0.127 e. The van der Waals surface area contributed by atoms with Crippen LogP contribution in [0.2, 0.25) is 0 Å². The van der Waals surface area contributed by atoms with Gasteiger partial charge >= 0.3 is 0 Å². The summed E-state index contributed by atoms with van der Waals surface area (Å²) in [6.07, 6.45) is 6.92. The molecule has 4 rings (SSSR count). The fraction of sp³-hybridized carbons (Fsp3) is 0.348. The predicted octanol–water partition coefficient (Wildman–Crippen LogP) is 5.03. The molecular weight excluding hydrogens is 346 g/mol. The fourth-order valence-electron chi connectivity index (χ4n) is 3.76. The molecule has 2 N–H and O–H groups in total. The van der Waals surface area contributed by atoms with Gasteiger partial charge in [0.05, 0.1) is 11.4 Å². The van der Waals surface area contributed by atoms with Gasteiger partial charge in [-0.25, -0.2) is 4.98 Å². The summed E-state index contributed by atoms with van der Waals surface area (Å²) < 4.78 is 0. The molecule has 0 radical (unpaired) electrons. The SMILES string of the molecule is C=C(C)c1cc(-c2n[nH]c3c2CCC(C)(C)C3)cc(NCc2cccnc2)n1. The van der Waals surface area contributed by atoms with Gasteiger partial charge in [-0.15, -0.1) is 0 Å². The molecule has 1 aliphatic rings. The van der Waals surface area contributed by atoms with Crippen LogP contribution in [0.25, 0.3) is 16.8 Å². The molecular formula is C23H27N5. The van der Waals surface area contributed by atoms with Crippen LogP contribution < -0.4 is 5.32 Å². The highest BCUT2D eigenvalue weighted by atomic mass is 15.1. The van der Waals surface area contributed by atoms with Crippen LogP contribution >= 0.6 is 0 Å². The zero-order chi connectivity index (χ0) is 19.7. The van der Waals surface area contributed by atoms with Crippen molar-refractivity contribution in [2.75, 3.05) is 5.32 Å². The van der Waals surface area contributed by atoms with Gasteiger partial charge in [-0.05, 0) is 60.9 Å². The standard InChI is InChI=1S/C23H27N5/c1-15(2)19-10-17(11-21(26-19)25-14-16-6-5-9-24-13-16)22-18-7-8-23(3,4)12-20(18)27-28-22/h5-6,9-11,13H,1,7-8,12,14H2,2-4H3,(H,25,26)(H,27,28). The maximum atomic E-state index is 4.72. The van der Waals surface area contributed by atoms with Gasteiger partial charge < -0.3 is 5.32 Å². The average Bonchev–Trinajstić information content (AvgIpc) is 3.08. The van der Waals surface area contributed by atoms with E-state index >= 15 is 0 Å². The van der Waals surface area contributed by atoms with Gasteiger partial charge in [0.15, 0.2) is 0 Å². The first-order chi connectivity index (χ1) is 13.4. The first kappa shape index (κ1) is 18.4. The van der Waals surface area contributed by atoms with E-state index in [1.807, 2.05) is 19.2 Å². The molecule has 5 nitrogen and oxygen atoms in total. The molecule has 0 amide bonds. The molecule has 0 aliphatic heterocycles. The van der Waals surface area contributed by atoms with E-state index in [4.69, 9.17) is 4.98 Å². The number of rotatable bonds is 5. The van der Waals surface area contributed by atoms with Crippen LogP contribution in [0, 0.1) is 5.41 Å². The third-order valence-electron chi connectivity index (χ3n) is 5.39. The number of pyridine rings is 2. The Kier molecular flexibility index (Phi) is 4.75. The summed E-state index contributed by atoms with van der Waals surface area (Å²) in [6, 6.07) is 8.17. The van der Waals surface area contributed by atoms with Gasteiger partial charge in [-0.3, -0.25) is 10.1 Å². The maximum absolute atomic E-state index is 4.72.